The average molecular weight is 313 g/mol. The molecule has 0 atom stereocenters. The van der Waals surface area contributed by atoms with Crippen LogP contribution in [0.25, 0.3) is 0 Å². The van der Waals surface area contributed by atoms with Crippen LogP contribution in [0.1, 0.15) is 50.9 Å². The fourth-order valence-corrected chi connectivity index (χ4v) is 2.40. The first kappa shape index (κ1) is 15.3. The number of rotatable bonds is 5. The Balaban J connectivity index is 1.64. The van der Waals surface area contributed by atoms with Crippen LogP contribution in [0, 0.1) is 0 Å². The van der Waals surface area contributed by atoms with E-state index >= 15 is 0 Å². The van der Waals surface area contributed by atoms with Gasteiger partial charge in [0, 0.05) is 38.2 Å². The van der Waals surface area contributed by atoms with Gasteiger partial charge in [-0.1, -0.05) is 17.3 Å². The average Bonchev–Trinajstić information content (AvgIpc) is 3.31. The van der Waals surface area contributed by atoms with E-state index in [1.165, 1.54) is 0 Å². The fraction of sp³-hybridized carbons (Fsp3) is 0.353. The summed E-state index contributed by atoms with van der Waals surface area (Å²) in [7, 11) is 3.32. The van der Waals surface area contributed by atoms with Gasteiger partial charge < -0.3 is 14.7 Å². The normalized spacial score (nSPS) is 13.7. The maximum atomic E-state index is 12.4. The highest BCUT2D eigenvalue weighted by Gasteiger charge is 2.29. The molecule has 0 radical (unpaired) electrons. The van der Waals surface area contributed by atoms with E-state index in [0.29, 0.717) is 23.7 Å². The van der Waals surface area contributed by atoms with E-state index in [4.69, 9.17) is 4.52 Å². The summed E-state index contributed by atoms with van der Waals surface area (Å²) in [5.74, 6) is 0.940. The molecule has 0 aliphatic heterocycles. The Morgan fingerprint density at radius 2 is 2.00 bits per heavy atom. The molecule has 1 fully saturated rings. The third-order valence-corrected chi connectivity index (χ3v) is 3.94. The highest BCUT2D eigenvalue weighted by Crippen LogP contribution is 2.40. The predicted octanol–water partition coefficient (Wildman–Crippen LogP) is 2.18. The number of carbonyl (C=O) groups excluding carboxylic acids is 2. The van der Waals surface area contributed by atoms with Crippen molar-refractivity contribution in [1.29, 1.82) is 0 Å². The number of nitrogens with one attached hydrogen (secondary N) is 1. The van der Waals surface area contributed by atoms with Crippen LogP contribution in [0.3, 0.4) is 0 Å². The summed E-state index contributed by atoms with van der Waals surface area (Å²) in [6.45, 7) is 0.443. The van der Waals surface area contributed by atoms with Crippen LogP contribution >= 0.6 is 0 Å². The van der Waals surface area contributed by atoms with Gasteiger partial charge in [-0.05, 0) is 30.5 Å². The van der Waals surface area contributed by atoms with Crippen LogP contribution in [0.2, 0.25) is 0 Å². The van der Waals surface area contributed by atoms with E-state index in [9.17, 15) is 9.59 Å². The minimum Gasteiger partial charge on any atom is -0.360 e. The number of hydrogen-bond donors (Lipinski definition) is 1. The molecule has 0 bridgehead atoms. The van der Waals surface area contributed by atoms with Crippen molar-refractivity contribution >= 4 is 11.8 Å². The van der Waals surface area contributed by atoms with Gasteiger partial charge >= 0.3 is 0 Å². The van der Waals surface area contributed by atoms with Crippen molar-refractivity contribution in [2.45, 2.75) is 25.3 Å². The van der Waals surface area contributed by atoms with Crippen LogP contribution in [-0.4, -0.2) is 36.0 Å². The lowest BCUT2D eigenvalue weighted by Gasteiger charge is -2.15. The highest BCUT2D eigenvalue weighted by molar-refractivity contribution is 5.94. The smallest absolute Gasteiger partial charge is 0.276 e. The van der Waals surface area contributed by atoms with Gasteiger partial charge in [0.25, 0.3) is 11.8 Å². The summed E-state index contributed by atoms with van der Waals surface area (Å²) in [6.07, 6.45) is 2.21. The van der Waals surface area contributed by atoms with Crippen molar-refractivity contribution < 1.29 is 14.1 Å². The number of amides is 2. The topological polar surface area (TPSA) is 75.4 Å². The van der Waals surface area contributed by atoms with Crippen molar-refractivity contribution in [2.75, 3.05) is 14.1 Å². The van der Waals surface area contributed by atoms with E-state index in [1.54, 1.807) is 37.2 Å². The highest BCUT2D eigenvalue weighted by atomic mass is 16.5. The molecular formula is C17H19N3O3. The Kier molecular flexibility index (Phi) is 4.14. The zero-order valence-corrected chi connectivity index (χ0v) is 13.2. The first-order valence-electron chi connectivity index (χ1n) is 7.61. The van der Waals surface area contributed by atoms with Gasteiger partial charge in [0.1, 0.15) is 5.76 Å². The van der Waals surface area contributed by atoms with Crippen LogP contribution in [0.5, 0.6) is 0 Å². The molecule has 1 aliphatic carbocycles. The van der Waals surface area contributed by atoms with Crippen molar-refractivity contribution in [3.8, 4) is 0 Å². The van der Waals surface area contributed by atoms with Crippen LogP contribution in [0.4, 0.5) is 0 Å². The summed E-state index contributed by atoms with van der Waals surface area (Å²) in [6, 6.07) is 8.91. The maximum Gasteiger partial charge on any atom is 0.276 e. The lowest BCUT2D eigenvalue weighted by molar-refractivity contribution is 0.0774. The predicted molar refractivity (Wildman–Crippen MR) is 84.1 cm³/mol. The molecule has 0 unspecified atom stereocenters. The van der Waals surface area contributed by atoms with Gasteiger partial charge in [0.05, 0.1) is 0 Å². The molecule has 1 heterocycles. The number of nitrogens with zero attached hydrogens (tertiary/aromatic N) is 2. The Labute approximate surface area is 134 Å². The zero-order valence-electron chi connectivity index (χ0n) is 13.2. The molecule has 2 aromatic rings. The third kappa shape index (κ3) is 3.41. The molecule has 120 valence electrons. The third-order valence-electron chi connectivity index (χ3n) is 3.94. The van der Waals surface area contributed by atoms with Crippen molar-refractivity contribution in [3.63, 3.8) is 0 Å². The Morgan fingerprint density at radius 1 is 1.30 bits per heavy atom. The van der Waals surface area contributed by atoms with Crippen LogP contribution < -0.4 is 5.32 Å². The summed E-state index contributed by atoms with van der Waals surface area (Å²) in [4.78, 5) is 25.5. The molecule has 1 aliphatic rings. The molecule has 3 rings (SSSR count). The fourth-order valence-electron chi connectivity index (χ4n) is 2.40. The molecule has 0 saturated heterocycles. The lowest BCUT2D eigenvalue weighted by atomic mass is 10.1. The first-order chi connectivity index (χ1) is 11.1. The number of hydrogen-bond acceptors (Lipinski definition) is 4. The minimum absolute atomic E-state index is 0.129. The van der Waals surface area contributed by atoms with Gasteiger partial charge in [-0.2, -0.15) is 0 Å². The van der Waals surface area contributed by atoms with Gasteiger partial charge in [0.2, 0.25) is 0 Å². The van der Waals surface area contributed by atoms with Crippen molar-refractivity contribution in [3.05, 3.63) is 52.9 Å². The molecule has 0 spiro atoms. The number of aromatic nitrogens is 1. The molecule has 1 aromatic carbocycles. The Hall–Kier alpha value is -2.63. The van der Waals surface area contributed by atoms with Crippen LogP contribution in [-0.2, 0) is 6.54 Å². The first-order valence-corrected chi connectivity index (χ1v) is 7.61. The largest absolute Gasteiger partial charge is 0.360 e. The van der Waals surface area contributed by atoms with E-state index in [0.717, 1.165) is 24.2 Å². The standard InChI is InChI=1S/C17H19N3O3/c1-18-16(21)13-5-3-11(4-6-13)10-20(2)17(22)14-9-15(23-19-14)12-7-8-12/h3-6,9,12H,7-8,10H2,1-2H3,(H,18,21). The zero-order chi connectivity index (χ0) is 16.4. The molecule has 1 aromatic heterocycles. The van der Waals surface area contributed by atoms with E-state index in [-0.39, 0.29) is 11.8 Å². The van der Waals surface area contributed by atoms with E-state index in [2.05, 4.69) is 10.5 Å². The summed E-state index contributed by atoms with van der Waals surface area (Å²) >= 11 is 0. The molecule has 1 saturated carbocycles. The lowest BCUT2D eigenvalue weighted by Crippen LogP contribution is -2.26. The minimum atomic E-state index is -0.170. The number of benzene rings is 1. The SMILES string of the molecule is CNC(=O)c1ccc(CN(C)C(=O)c2cc(C3CC3)on2)cc1. The van der Waals surface area contributed by atoms with Gasteiger partial charge in [-0.3, -0.25) is 9.59 Å². The van der Waals surface area contributed by atoms with E-state index in [1.807, 2.05) is 12.1 Å². The quantitative estimate of drug-likeness (QED) is 0.918. The molecule has 23 heavy (non-hydrogen) atoms. The molecule has 1 N–H and O–H groups in total. The van der Waals surface area contributed by atoms with Gasteiger partial charge in [-0.25, -0.2) is 0 Å². The molecule has 6 nitrogen and oxygen atoms in total. The molecule has 2 amide bonds. The summed E-state index contributed by atoms with van der Waals surface area (Å²) < 4.78 is 5.22. The van der Waals surface area contributed by atoms with Crippen molar-refractivity contribution in [2.24, 2.45) is 0 Å². The maximum absolute atomic E-state index is 12.4. The monoisotopic (exact) mass is 313 g/mol. The Morgan fingerprint density at radius 3 is 2.61 bits per heavy atom. The van der Waals surface area contributed by atoms with Crippen molar-refractivity contribution in [1.82, 2.24) is 15.4 Å². The summed E-state index contributed by atoms with van der Waals surface area (Å²) in [5.41, 5.74) is 1.88. The summed E-state index contributed by atoms with van der Waals surface area (Å²) in [5, 5.41) is 6.44. The second kappa shape index (κ2) is 6.24. The number of carbonyl (C=O) groups is 2. The Bertz CT molecular complexity index is 717. The van der Waals surface area contributed by atoms with Gasteiger partial charge in [-0.15, -0.1) is 0 Å². The second-order valence-corrected chi connectivity index (χ2v) is 5.83. The van der Waals surface area contributed by atoms with Gasteiger partial charge in [0.15, 0.2) is 5.69 Å². The van der Waals surface area contributed by atoms with E-state index < -0.39 is 0 Å². The molecular weight excluding hydrogens is 294 g/mol. The molecule has 6 heteroatoms. The van der Waals surface area contributed by atoms with Crippen LogP contribution in [0.15, 0.2) is 34.9 Å². The second-order valence-electron chi connectivity index (χ2n) is 5.83.